The number of carbonyl (C=O) groups is 1. The van der Waals surface area contributed by atoms with Crippen LogP contribution < -0.4 is 0 Å². The Morgan fingerprint density at radius 1 is 0.875 bits per heavy atom. The van der Waals surface area contributed by atoms with Gasteiger partial charge in [0.1, 0.15) is 0 Å². The molecule has 0 aliphatic carbocycles. The summed E-state index contributed by atoms with van der Waals surface area (Å²) in [5, 5.41) is 0. The average molecular weight is 339 g/mol. The molecule has 122 valence electrons. The molecule has 0 N–H and O–H groups in total. The summed E-state index contributed by atoms with van der Waals surface area (Å²) in [4.78, 5) is 13.0. The van der Waals surface area contributed by atoms with Crippen molar-refractivity contribution in [2.75, 3.05) is 0 Å². The number of benzene rings is 2. The molecule has 0 saturated heterocycles. The molecule has 0 fully saturated rings. The topological polar surface area (TPSA) is 56.1 Å². The summed E-state index contributed by atoms with van der Waals surface area (Å²) >= 11 is 0. The van der Waals surface area contributed by atoms with Gasteiger partial charge in [-0.2, -0.15) is 0 Å². The van der Waals surface area contributed by atoms with Gasteiger partial charge in [0.2, 0.25) is 9.84 Å². The molecule has 24 heavy (non-hydrogen) atoms. The maximum Gasteiger partial charge on any atom is 0.262 e. The van der Waals surface area contributed by atoms with Gasteiger partial charge >= 0.3 is 0 Å². The minimum atomic E-state index is -3.66. The Labute approximate surface area is 141 Å². The van der Waals surface area contributed by atoms with E-state index in [1.165, 1.54) is 10.8 Å². The number of aromatic nitrogens is 1. The van der Waals surface area contributed by atoms with Gasteiger partial charge in [0.15, 0.2) is 0 Å². The maximum atomic E-state index is 12.9. The molecule has 0 radical (unpaired) electrons. The fraction of sp³-hybridized carbons (Fsp3) is 0.105. The zero-order valence-electron chi connectivity index (χ0n) is 13.4. The lowest BCUT2D eigenvalue weighted by Gasteiger charge is -2.04. The van der Waals surface area contributed by atoms with E-state index in [2.05, 4.69) is 0 Å². The van der Waals surface area contributed by atoms with Crippen LogP contribution in [-0.2, 0) is 9.84 Å². The quantitative estimate of drug-likeness (QED) is 0.732. The first-order chi connectivity index (χ1) is 11.4. The molecular formula is C19H17NO3S. The van der Waals surface area contributed by atoms with Gasteiger partial charge in [-0.05, 0) is 43.7 Å². The summed E-state index contributed by atoms with van der Waals surface area (Å²) in [6, 6.07) is 17.0. The maximum absolute atomic E-state index is 12.9. The number of carbonyl (C=O) groups excluding carboxylic acids is 1. The molecule has 0 amide bonds. The molecule has 4 nitrogen and oxygen atoms in total. The summed E-state index contributed by atoms with van der Waals surface area (Å²) in [6.07, 6.45) is 1.42. The Hall–Kier alpha value is -2.66. The first kappa shape index (κ1) is 16.2. The van der Waals surface area contributed by atoms with Gasteiger partial charge in [0.25, 0.3) is 5.91 Å². The molecule has 5 heteroatoms. The second-order valence-electron chi connectivity index (χ2n) is 5.56. The lowest BCUT2D eigenvalue weighted by atomic mass is 10.2. The van der Waals surface area contributed by atoms with Crippen molar-refractivity contribution in [3.63, 3.8) is 0 Å². The van der Waals surface area contributed by atoms with Crippen LogP contribution in [0.15, 0.2) is 76.7 Å². The van der Waals surface area contributed by atoms with Crippen LogP contribution in [0.1, 0.15) is 21.6 Å². The van der Waals surface area contributed by atoms with Crippen molar-refractivity contribution in [2.24, 2.45) is 0 Å². The van der Waals surface area contributed by atoms with Gasteiger partial charge in [-0.3, -0.25) is 9.36 Å². The average Bonchev–Trinajstić information content (AvgIpc) is 2.92. The molecule has 1 aromatic heterocycles. The number of rotatable bonds is 3. The van der Waals surface area contributed by atoms with Crippen molar-refractivity contribution in [3.8, 4) is 0 Å². The predicted molar refractivity (Wildman–Crippen MR) is 92.0 cm³/mol. The van der Waals surface area contributed by atoms with Gasteiger partial charge in [-0.25, -0.2) is 8.42 Å². The van der Waals surface area contributed by atoms with Gasteiger partial charge in [-0.15, -0.1) is 0 Å². The second kappa shape index (κ2) is 6.09. The SMILES string of the molecule is Cc1c(S(=O)(=O)c2ccccc2)cn(C(=O)c2ccccc2)c1C. The number of hydrogen-bond acceptors (Lipinski definition) is 3. The van der Waals surface area contributed by atoms with Crippen molar-refractivity contribution in [3.05, 3.63) is 83.7 Å². The number of hydrogen-bond donors (Lipinski definition) is 0. The molecule has 2 aromatic carbocycles. The molecule has 0 saturated carbocycles. The van der Waals surface area contributed by atoms with Gasteiger partial charge < -0.3 is 0 Å². The number of nitrogens with zero attached hydrogens (tertiary/aromatic N) is 1. The largest absolute Gasteiger partial charge is 0.286 e. The van der Waals surface area contributed by atoms with Crippen molar-refractivity contribution >= 4 is 15.7 Å². The minimum Gasteiger partial charge on any atom is -0.286 e. The van der Waals surface area contributed by atoms with Crippen molar-refractivity contribution < 1.29 is 13.2 Å². The third-order valence-electron chi connectivity index (χ3n) is 4.10. The molecule has 1 heterocycles. The molecule has 3 aromatic rings. The van der Waals surface area contributed by atoms with Crippen LogP contribution in [0, 0.1) is 13.8 Å². The van der Waals surface area contributed by atoms with Crippen LogP contribution in [0.3, 0.4) is 0 Å². The fourth-order valence-electron chi connectivity index (χ4n) is 2.60. The lowest BCUT2D eigenvalue weighted by molar-refractivity contribution is 0.0958. The minimum absolute atomic E-state index is 0.162. The van der Waals surface area contributed by atoms with E-state index in [1.807, 2.05) is 6.07 Å². The predicted octanol–water partition coefficient (Wildman–Crippen LogP) is 3.63. The molecule has 0 unspecified atom stereocenters. The third-order valence-corrected chi connectivity index (χ3v) is 5.99. The standard InChI is InChI=1S/C19H17NO3S/c1-14-15(2)20(19(21)16-9-5-3-6-10-16)13-18(14)24(22,23)17-11-7-4-8-12-17/h3-13H,1-2H3. The Morgan fingerprint density at radius 3 is 2.00 bits per heavy atom. The van der Waals surface area contributed by atoms with Crippen LogP contribution in [0.25, 0.3) is 0 Å². The van der Waals surface area contributed by atoms with Crippen LogP contribution in [0.4, 0.5) is 0 Å². The zero-order chi connectivity index (χ0) is 17.3. The van der Waals surface area contributed by atoms with Crippen LogP contribution in [0.5, 0.6) is 0 Å². The normalized spacial score (nSPS) is 11.4. The lowest BCUT2D eigenvalue weighted by Crippen LogP contribution is -2.12. The molecule has 0 spiro atoms. The highest BCUT2D eigenvalue weighted by Crippen LogP contribution is 2.27. The summed E-state index contributed by atoms with van der Waals surface area (Å²) in [5.41, 5.74) is 1.72. The smallest absolute Gasteiger partial charge is 0.262 e. The van der Waals surface area contributed by atoms with Crippen molar-refractivity contribution in [2.45, 2.75) is 23.6 Å². The Balaban J connectivity index is 2.12. The van der Waals surface area contributed by atoms with E-state index < -0.39 is 9.84 Å². The van der Waals surface area contributed by atoms with E-state index in [4.69, 9.17) is 0 Å². The second-order valence-corrected chi connectivity index (χ2v) is 7.48. The zero-order valence-corrected chi connectivity index (χ0v) is 14.2. The summed E-state index contributed by atoms with van der Waals surface area (Å²) in [5.74, 6) is -0.245. The van der Waals surface area contributed by atoms with Crippen LogP contribution >= 0.6 is 0 Å². The summed E-state index contributed by atoms with van der Waals surface area (Å²) in [6.45, 7) is 3.47. The monoisotopic (exact) mass is 339 g/mol. The van der Waals surface area contributed by atoms with Gasteiger partial charge in [0, 0.05) is 17.5 Å². The molecular weight excluding hydrogens is 322 g/mol. The van der Waals surface area contributed by atoms with E-state index >= 15 is 0 Å². The Bertz CT molecular complexity index is 988. The highest BCUT2D eigenvalue weighted by Gasteiger charge is 2.25. The number of sulfone groups is 1. The van der Waals surface area contributed by atoms with E-state index in [0.717, 1.165) is 0 Å². The van der Waals surface area contributed by atoms with E-state index in [9.17, 15) is 13.2 Å². The van der Waals surface area contributed by atoms with Crippen LogP contribution in [-0.4, -0.2) is 18.9 Å². The van der Waals surface area contributed by atoms with Crippen molar-refractivity contribution in [1.82, 2.24) is 4.57 Å². The summed E-state index contributed by atoms with van der Waals surface area (Å²) < 4.78 is 27.1. The highest BCUT2D eigenvalue weighted by atomic mass is 32.2. The van der Waals surface area contributed by atoms with Gasteiger partial charge in [0.05, 0.1) is 9.79 Å². The van der Waals surface area contributed by atoms with E-state index in [0.29, 0.717) is 16.8 Å². The van der Waals surface area contributed by atoms with E-state index in [1.54, 1.807) is 68.4 Å². The van der Waals surface area contributed by atoms with Crippen molar-refractivity contribution in [1.29, 1.82) is 0 Å². The molecule has 3 rings (SSSR count). The van der Waals surface area contributed by atoms with Gasteiger partial charge in [-0.1, -0.05) is 36.4 Å². The molecule has 0 bridgehead atoms. The Morgan fingerprint density at radius 2 is 1.42 bits per heavy atom. The summed E-state index contributed by atoms with van der Waals surface area (Å²) in [7, 11) is -3.66. The fourth-order valence-corrected chi connectivity index (χ4v) is 4.16. The molecule has 0 aliphatic heterocycles. The Kier molecular flexibility index (Phi) is 4.11. The third kappa shape index (κ3) is 2.67. The van der Waals surface area contributed by atoms with Crippen LogP contribution in [0.2, 0.25) is 0 Å². The first-order valence-corrected chi connectivity index (χ1v) is 8.99. The first-order valence-electron chi connectivity index (χ1n) is 7.51. The molecule has 0 aliphatic rings. The molecule has 0 atom stereocenters. The highest BCUT2D eigenvalue weighted by molar-refractivity contribution is 7.91. The van der Waals surface area contributed by atoms with E-state index in [-0.39, 0.29) is 15.7 Å².